The molecule has 4 nitrogen and oxygen atoms in total. The lowest BCUT2D eigenvalue weighted by Gasteiger charge is -2.06. The largest absolute Gasteiger partial charge is 0.384 e. The zero-order chi connectivity index (χ0) is 10.1. The van der Waals surface area contributed by atoms with Crippen LogP contribution in [0.2, 0.25) is 0 Å². The number of benzene rings is 1. The molecule has 1 aliphatic rings. The van der Waals surface area contributed by atoms with Crippen molar-refractivity contribution in [1.29, 1.82) is 0 Å². The third kappa shape index (κ3) is 1.23. The van der Waals surface area contributed by atoms with Gasteiger partial charge in [-0.1, -0.05) is 13.0 Å². The van der Waals surface area contributed by atoms with Gasteiger partial charge in [0.25, 0.3) is 5.69 Å². The first-order valence-corrected chi connectivity index (χ1v) is 4.77. The lowest BCUT2D eigenvalue weighted by molar-refractivity contribution is -0.385. The first-order chi connectivity index (χ1) is 6.74. The zero-order valence-corrected chi connectivity index (χ0v) is 8.04. The highest BCUT2D eigenvalue weighted by Gasteiger charge is 2.23. The molecule has 1 N–H and O–H groups in total. The Labute approximate surface area is 82.1 Å². The van der Waals surface area contributed by atoms with E-state index in [0.29, 0.717) is 0 Å². The SMILES string of the molecule is CCc1ccc([N+](=O)[O-])c2c1NCC2. The Hall–Kier alpha value is -1.58. The number of nitrogens with one attached hydrogen (secondary N) is 1. The Bertz CT molecular complexity index is 388. The number of aryl methyl sites for hydroxylation is 1. The lowest BCUT2D eigenvalue weighted by Crippen LogP contribution is -1.96. The number of nitro benzene ring substituents is 1. The fourth-order valence-corrected chi connectivity index (χ4v) is 1.94. The van der Waals surface area contributed by atoms with E-state index in [4.69, 9.17) is 0 Å². The fraction of sp³-hybridized carbons (Fsp3) is 0.400. The van der Waals surface area contributed by atoms with Crippen molar-refractivity contribution in [1.82, 2.24) is 0 Å². The molecule has 0 radical (unpaired) electrons. The summed E-state index contributed by atoms with van der Waals surface area (Å²) in [6.45, 7) is 2.87. The quantitative estimate of drug-likeness (QED) is 0.576. The highest BCUT2D eigenvalue weighted by molar-refractivity contribution is 5.68. The number of hydrogen-bond donors (Lipinski definition) is 1. The van der Waals surface area contributed by atoms with Crippen molar-refractivity contribution in [3.8, 4) is 0 Å². The van der Waals surface area contributed by atoms with Gasteiger partial charge in [0.1, 0.15) is 0 Å². The number of rotatable bonds is 2. The van der Waals surface area contributed by atoms with Crippen LogP contribution in [0.25, 0.3) is 0 Å². The molecule has 0 saturated carbocycles. The van der Waals surface area contributed by atoms with Crippen LogP contribution in [0.4, 0.5) is 11.4 Å². The van der Waals surface area contributed by atoms with Gasteiger partial charge < -0.3 is 5.32 Å². The van der Waals surface area contributed by atoms with E-state index < -0.39 is 0 Å². The van der Waals surface area contributed by atoms with E-state index in [1.54, 1.807) is 6.07 Å². The van der Waals surface area contributed by atoms with Crippen LogP contribution >= 0.6 is 0 Å². The predicted octanol–water partition coefficient (Wildman–Crippen LogP) is 2.13. The summed E-state index contributed by atoms with van der Waals surface area (Å²) in [6, 6.07) is 3.46. The summed E-state index contributed by atoms with van der Waals surface area (Å²) < 4.78 is 0. The van der Waals surface area contributed by atoms with Crippen molar-refractivity contribution in [3.05, 3.63) is 33.4 Å². The molecule has 1 heterocycles. The van der Waals surface area contributed by atoms with Gasteiger partial charge in [-0.25, -0.2) is 0 Å². The van der Waals surface area contributed by atoms with E-state index in [1.807, 2.05) is 6.07 Å². The minimum Gasteiger partial charge on any atom is -0.384 e. The third-order valence-corrected chi connectivity index (χ3v) is 2.63. The van der Waals surface area contributed by atoms with Gasteiger partial charge in [-0.2, -0.15) is 0 Å². The Morgan fingerprint density at radius 2 is 2.36 bits per heavy atom. The molecule has 74 valence electrons. The smallest absolute Gasteiger partial charge is 0.274 e. The summed E-state index contributed by atoms with van der Waals surface area (Å²) in [7, 11) is 0. The maximum Gasteiger partial charge on any atom is 0.274 e. The van der Waals surface area contributed by atoms with E-state index in [1.165, 1.54) is 5.56 Å². The van der Waals surface area contributed by atoms with Crippen molar-refractivity contribution in [2.24, 2.45) is 0 Å². The van der Waals surface area contributed by atoms with E-state index in [0.717, 1.165) is 30.6 Å². The molecule has 0 aliphatic carbocycles. The van der Waals surface area contributed by atoms with Gasteiger partial charge in [-0.3, -0.25) is 10.1 Å². The molecule has 0 unspecified atom stereocenters. The minimum atomic E-state index is -0.300. The van der Waals surface area contributed by atoms with Crippen LogP contribution in [0.3, 0.4) is 0 Å². The monoisotopic (exact) mass is 192 g/mol. The molecule has 1 aromatic carbocycles. The summed E-state index contributed by atoms with van der Waals surface area (Å²) in [5, 5.41) is 13.9. The second-order valence-corrected chi connectivity index (χ2v) is 3.38. The molecule has 0 spiro atoms. The number of anilines is 1. The van der Waals surface area contributed by atoms with E-state index in [9.17, 15) is 10.1 Å². The molecule has 0 aromatic heterocycles. The first-order valence-electron chi connectivity index (χ1n) is 4.77. The molecular formula is C10H12N2O2. The number of nitrogens with zero attached hydrogens (tertiary/aromatic N) is 1. The van der Waals surface area contributed by atoms with Gasteiger partial charge in [-0.15, -0.1) is 0 Å². The molecular weight excluding hydrogens is 180 g/mol. The van der Waals surface area contributed by atoms with Gasteiger partial charge in [0.15, 0.2) is 0 Å². The molecule has 4 heteroatoms. The molecule has 0 saturated heterocycles. The number of nitro groups is 1. The Morgan fingerprint density at radius 3 is 3.00 bits per heavy atom. The molecule has 1 aliphatic heterocycles. The van der Waals surface area contributed by atoms with E-state index in [2.05, 4.69) is 12.2 Å². The minimum absolute atomic E-state index is 0.252. The zero-order valence-electron chi connectivity index (χ0n) is 8.04. The molecule has 2 rings (SSSR count). The van der Waals surface area contributed by atoms with E-state index in [-0.39, 0.29) is 10.6 Å². The fourth-order valence-electron chi connectivity index (χ4n) is 1.94. The van der Waals surface area contributed by atoms with Crippen LogP contribution in [0.15, 0.2) is 12.1 Å². The highest BCUT2D eigenvalue weighted by Crippen LogP contribution is 2.34. The Morgan fingerprint density at radius 1 is 1.57 bits per heavy atom. The van der Waals surface area contributed by atoms with Gasteiger partial charge in [-0.05, 0) is 18.4 Å². The summed E-state index contributed by atoms with van der Waals surface area (Å²) in [6.07, 6.45) is 1.67. The second kappa shape index (κ2) is 3.29. The summed E-state index contributed by atoms with van der Waals surface area (Å²) in [4.78, 5) is 10.4. The van der Waals surface area contributed by atoms with Gasteiger partial charge >= 0.3 is 0 Å². The number of hydrogen-bond acceptors (Lipinski definition) is 3. The van der Waals surface area contributed by atoms with Crippen molar-refractivity contribution < 1.29 is 4.92 Å². The Kier molecular flexibility index (Phi) is 2.11. The lowest BCUT2D eigenvalue weighted by atomic mass is 10.0. The normalized spacial score (nSPS) is 13.5. The van der Waals surface area contributed by atoms with Crippen molar-refractivity contribution in [2.75, 3.05) is 11.9 Å². The van der Waals surface area contributed by atoms with Crippen LogP contribution in [0.5, 0.6) is 0 Å². The molecule has 0 bridgehead atoms. The topological polar surface area (TPSA) is 55.2 Å². The van der Waals surface area contributed by atoms with Gasteiger partial charge in [0, 0.05) is 18.3 Å². The van der Waals surface area contributed by atoms with Crippen molar-refractivity contribution in [2.45, 2.75) is 19.8 Å². The standard InChI is InChI=1S/C10H12N2O2/c1-2-7-3-4-9(12(13)14)8-5-6-11-10(7)8/h3-4,11H,2,5-6H2,1H3. The predicted molar refractivity (Wildman–Crippen MR) is 54.7 cm³/mol. The molecule has 14 heavy (non-hydrogen) atoms. The van der Waals surface area contributed by atoms with Crippen LogP contribution in [-0.4, -0.2) is 11.5 Å². The maximum absolute atomic E-state index is 10.7. The first kappa shape index (κ1) is 8.99. The number of fused-ring (bicyclic) bond motifs is 1. The highest BCUT2D eigenvalue weighted by atomic mass is 16.6. The van der Waals surface area contributed by atoms with Gasteiger partial charge in [0.05, 0.1) is 10.5 Å². The second-order valence-electron chi connectivity index (χ2n) is 3.38. The summed E-state index contributed by atoms with van der Waals surface area (Å²) >= 11 is 0. The van der Waals surface area contributed by atoms with Crippen LogP contribution in [0, 0.1) is 10.1 Å². The van der Waals surface area contributed by atoms with E-state index >= 15 is 0 Å². The van der Waals surface area contributed by atoms with Crippen LogP contribution in [0.1, 0.15) is 18.1 Å². The molecule has 1 aromatic rings. The van der Waals surface area contributed by atoms with Crippen molar-refractivity contribution >= 4 is 11.4 Å². The van der Waals surface area contributed by atoms with Crippen molar-refractivity contribution in [3.63, 3.8) is 0 Å². The van der Waals surface area contributed by atoms with Crippen LogP contribution in [-0.2, 0) is 12.8 Å². The van der Waals surface area contributed by atoms with Gasteiger partial charge in [0.2, 0.25) is 0 Å². The summed E-state index contributed by atoms with van der Waals surface area (Å²) in [5.41, 5.74) is 3.28. The molecule has 0 fully saturated rings. The molecule has 0 atom stereocenters. The maximum atomic E-state index is 10.7. The average Bonchev–Trinajstić information content (AvgIpc) is 2.64. The van der Waals surface area contributed by atoms with Crippen LogP contribution < -0.4 is 5.32 Å². The Balaban J connectivity index is 2.58. The summed E-state index contributed by atoms with van der Waals surface area (Å²) in [5.74, 6) is 0. The third-order valence-electron chi connectivity index (χ3n) is 2.63. The molecule has 0 amide bonds. The average molecular weight is 192 g/mol.